The Morgan fingerprint density at radius 1 is 1.50 bits per heavy atom. The molecular formula is C12H14N4O2. The number of rotatable bonds is 4. The molecule has 0 aliphatic heterocycles. The summed E-state index contributed by atoms with van der Waals surface area (Å²) >= 11 is 0. The fourth-order valence-corrected chi connectivity index (χ4v) is 1.90. The molecule has 0 aliphatic carbocycles. The molecule has 1 heterocycles. The number of nitrogens with zero attached hydrogens (tertiary/aromatic N) is 2. The lowest BCUT2D eigenvalue weighted by atomic mass is 10.0. The number of hydrogen-bond acceptors (Lipinski definition) is 4. The van der Waals surface area contributed by atoms with Crippen molar-refractivity contribution in [3.05, 3.63) is 39.9 Å². The molecule has 1 aromatic heterocycles. The molecule has 0 radical (unpaired) electrons. The number of aromatic amines is 1. The maximum atomic E-state index is 10.8. The van der Waals surface area contributed by atoms with E-state index in [1.54, 1.807) is 12.1 Å². The minimum atomic E-state index is -0.414. The van der Waals surface area contributed by atoms with Crippen LogP contribution in [0.4, 0.5) is 11.5 Å². The maximum absolute atomic E-state index is 10.8. The van der Waals surface area contributed by atoms with Gasteiger partial charge in [0.2, 0.25) is 0 Å². The SMILES string of the molecule is CCCc1c(N)n[nH]c1-c1cccc([N+](=O)[O-])c1. The van der Waals surface area contributed by atoms with Gasteiger partial charge in [-0.1, -0.05) is 25.5 Å². The Labute approximate surface area is 104 Å². The van der Waals surface area contributed by atoms with Gasteiger partial charge in [-0.15, -0.1) is 0 Å². The molecule has 0 saturated carbocycles. The second kappa shape index (κ2) is 4.87. The first kappa shape index (κ1) is 12.1. The molecule has 6 heteroatoms. The minimum Gasteiger partial charge on any atom is -0.382 e. The molecule has 2 rings (SSSR count). The predicted molar refractivity (Wildman–Crippen MR) is 69.1 cm³/mol. The zero-order valence-corrected chi connectivity index (χ0v) is 10.0. The summed E-state index contributed by atoms with van der Waals surface area (Å²) in [6.45, 7) is 2.05. The lowest BCUT2D eigenvalue weighted by Crippen LogP contribution is -1.93. The molecule has 94 valence electrons. The number of nitro benzene ring substituents is 1. The molecule has 0 atom stereocenters. The topological polar surface area (TPSA) is 97.8 Å². The minimum absolute atomic E-state index is 0.0584. The number of nitrogen functional groups attached to an aromatic ring is 1. The highest BCUT2D eigenvalue weighted by atomic mass is 16.6. The van der Waals surface area contributed by atoms with Crippen molar-refractivity contribution in [3.63, 3.8) is 0 Å². The number of benzene rings is 1. The van der Waals surface area contributed by atoms with E-state index in [9.17, 15) is 10.1 Å². The standard InChI is InChI=1S/C12H14N4O2/c1-2-4-10-11(14-15-12(10)13)8-5-3-6-9(7-8)16(17)18/h3,5-7H,2,4H2,1H3,(H3,13,14,15). The Balaban J connectivity index is 2.48. The van der Waals surface area contributed by atoms with Crippen LogP contribution >= 0.6 is 0 Å². The van der Waals surface area contributed by atoms with Crippen LogP contribution in [0.15, 0.2) is 24.3 Å². The molecule has 0 unspecified atom stereocenters. The molecule has 18 heavy (non-hydrogen) atoms. The predicted octanol–water partition coefficient (Wildman–Crippen LogP) is 2.52. The summed E-state index contributed by atoms with van der Waals surface area (Å²) in [4.78, 5) is 10.3. The smallest absolute Gasteiger partial charge is 0.270 e. The van der Waals surface area contributed by atoms with E-state index in [1.165, 1.54) is 12.1 Å². The summed E-state index contributed by atoms with van der Waals surface area (Å²) in [5.41, 5.74) is 8.25. The van der Waals surface area contributed by atoms with Gasteiger partial charge in [-0.2, -0.15) is 5.10 Å². The molecule has 0 bridgehead atoms. The zero-order chi connectivity index (χ0) is 13.1. The van der Waals surface area contributed by atoms with Gasteiger partial charge in [-0.25, -0.2) is 0 Å². The van der Waals surface area contributed by atoms with Crippen LogP contribution in [0.3, 0.4) is 0 Å². The fourth-order valence-electron chi connectivity index (χ4n) is 1.90. The number of non-ortho nitro benzene ring substituents is 1. The van der Waals surface area contributed by atoms with Gasteiger partial charge in [0.25, 0.3) is 5.69 Å². The van der Waals surface area contributed by atoms with Gasteiger partial charge in [0.05, 0.1) is 10.6 Å². The zero-order valence-electron chi connectivity index (χ0n) is 10.0. The Morgan fingerprint density at radius 2 is 2.28 bits per heavy atom. The fraction of sp³-hybridized carbons (Fsp3) is 0.250. The van der Waals surface area contributed by atoms with Crippen molar-refractivity contribution in [1.29, 1.82) is 0 Å². The van der Waals surface area contributed by atoms with Crippen molar-refractivity contribution in [2.75, 3.05) is 5.73 Å². The number of nitrogens with one attached hydrogen (secondary N) is 1. The number of hydrogen-bond donors (Lipinski definition) is 2. The maximum Gasteiger partial charge on any atom is 0.270 e. The van der Waals surface area contributed by atoms with Crippen molar-refractivity contribution >= 4 is 11.5 Å². The normalized spacial score (nSPS) is 10.5. The molecule has 0 aliphatic rings. The van der Waals surface area contributed by atoms with E-state index in [1.807, 2.05) is 6.92 Å². The average molecular weight is 246 g/mol. The van der Waals surface area contributed by atoms with Gasteiger partial charge in [0.1, 0.15) is 5.82 Å². The van der Waals surface area contributed by atoms with Gasteiger partial charge in [0.15, 0.2) is 0 Å². The molecule has 2 aromatic rings. The highest BCUT2D eigenvalue weighted by Gasteiger charge is 2.14. The summed E-state index contributed by atoms with van der Waals surface area (Å²) in [6, 6.07) is 6.44. The van der Waals surface area contributed by atoms with Crippen molar-refractivity contribution in [3.8, 4) is 11.3 Å². The van der Waals surface area contributed by atoms with Crippen LogP contribution in [0.5, 0.6) is 0 Å². The third-order valence-corrected chi connectivity index (χ3v) is 2.74. The van der Waals surface area contributed by atoms with Crippen molar-refractivity contribution < 1.29 is 4.92 Å². The molecule has 0 fully saturated rings. The lowest BCUT2D eigenvalue weighted by molar-refractivity contribution is -0.384. The summed E-state index contributed by atoms with van der Waals surface area (Å²) in [5, 5.41) is 17.6. The van der Waals surface area contributed by atoms with Gasteiger partial charge < -0.3 is 5.73 Å². The quantitative estimate of drug-likeness (QED) is 0.639. The third-order valence-electron chi connectivity index (χ3n) is 2.74. The molecule has 0 amide bonds. The van der Waals surface area contributed by atoms with E-state index in [0.29, 0.717) is 5.82 Å². The lowest BCUT2D eigenvalue weighted by Gasteiger charge is -2.02. The van der Waals surface area contributed by atoms with E-state index in [4.69, 9.17) is 5.73 Å². The van der Waals surface area contributed by atoms with E-state index in [-0.39, 0.29) is 5.69 Å². The van der Waals surface area contributed by atoms with Crippen LogP contribution in [-0.2, 0) is 6.42 Å². The molecular weight excluding hydrogens is 232 g/mol. The van der Waals surface area contributed by atoms with Crippen LogP contribution in [0.1, 0.15) is 18.9 Å². The Hall–Kier alpha value is -2.37. The highest BCUT2D eigenvalue weighted by Crippen LogP contribution is 2.28. The van der Waals surface area contributed by atoms with E-state index in [2.05, 4.69) is 10.2 Å². The largest absolute Gasteiger partial charge is 0.382 e. The monoisotopic (exact) mass is 246 g/mol. The van der Waals surface area contributed by atoms with Crippen LogP contribution in [0, 0.1) is 10.1 Å². The first-order valence-electron chi connectivity index (χ1n) is 5.71. The Kier molecular flexibility index (Phi) is 3.27. The molecule has 1 aromatic carbocycles. The molecule has 0 saturated heterocycles. The molecule has 0 spiro atoms. The first-order chi connectivity index (χ1) is 8.63. The number of H-pyrrole nitrogens is 1. The van der Waals surface area contributed by atoms with Crippen LogP contribution < -0.4 is 5.73 Å². The number of nitro groups is 1. The number of anilines is 1. The Morgan fingerprint density at radius 3 is 2.94 bits per heavy atom. The van der Waals surface area contributed by atoms with E-state index >= 15 is 0 Å². The molecule has 3 N–H and O–H groups in total. The number of nitrogens with two attached hydrogens (primary N) is 1. The van der Waals surface area contributed by atoms with Crippen molar-refractivity contribution in [2.45, 2.75) is 19.8 Å². The second-order valence-corrected chi connectivity index (χ2v) is 4.02. The third kappa shape index (κ3) is 2.17. The summed E-state index contributed by atoms with van der Waals surface area (Å²) in [5.74, 6) is 0.457. The van der Waals surface area contributed by atoms with E-state index in [0.717, 1.165) is 29.7 Å². The summed E-state index contributed by atoms with van der Waals surface area (Å²) in [7, 11) is 0. The van der Waals surface area contributed by atoms with Crippen molar-refractivity contribution in [1.82, 2.24) is 10.2 Å². The van der Waals surface area contributed by atoms with Gasteiger partial charge >= 0.3 is 0 Å². The van der Waals surface area contributed by atoms with Crippen molar-refractivity contribution in [2.24, 2.45) is 0 Å². The van der Waals surface area contributed by atoms with Gasteiger partial charge in [0, 0.05) is 23.3 Å². The highest BCUT2D eigenvalue weighted by molar-refractivity contribution is 5.69. The number of aromatic nitrogens is 2. The second-order valence-electron chi connectivity index (χ2n) is 4.02. The Bertz CT molecular complexity index is 577. The van der Waals surface area contributed by atoms with Gasteiger partial charge in [-0.05, 0) is 6.42 Å². The summed E-state index contributed by atoms with van der Waals surface area (Å²) < 4.78 is 0. The summed E-state index contributed by atoms with van der Waals surface area (Å²) in [6.07, 6.45) is 1.73. The van der Waals surface area contributed by atoms with Crippen LogP contribution in [-0.4, -0.2) is 15.1 Å². The first-order valence-corrected chi connectivity index (χ1v) is 5.71. The molecule has 6 nitrogen and oxygen atoms in total. The average Bonchev–Trinajstić information content (AvgIpc) is 2.72. The van der Waals surface area contributed by atoms with Gasteiger partial charge in [-0.3, -0.25) is 15.2 Å². The van der Waals surface area contributed by atoms with E-state index < -0.39 is 4.92 Å². The van der Waals surface area contributed by atoms with Crippen LogP contribution in [0.25, 0.3) is 11.3 Å². The van der Waals surface area contributed by atoms with Crippen LogP contribution in [0.2, 0.25) is 0 Å².